The van der Waals surface area contributed by atoms with Crippen LogP contribution >= 0.6 is 0 Å². The first-order valence-electron chi connectivity index (χ1n) is 10.7. The molecule has 10 nitrogen and oxygen atoms in total. The molecule has 1 heterocycles. The second kappa shape index (κ2) is 10.9. The van der Waals surface area contributed by atoms with E-state index >= 15 is 0 Å². The van der Waals surface area contributed by atoms with Crippen molar-refractivity contribution in [2.24, 2.45) is 5.92 Å². The molecule has 35 heavy (non-hydrogen) atoms. The Morgan fingerprint density at radius 3 is 2.31 bits per heavy atom. The van der Waals surface area contributed by atoms with Gasteiger partial charge in [-0.3, -0.25) is 9.59 Å². The molecule has 0 fully saturated rings. The van der Waals surface area contributed by atoms with Crippen LogP contribution in [-0.2, 0) is 22.4 Å². The molecule has 0 unspecified atom stereocenters. The molecule has 10 heteroatoms. The zero-order valence-electron chi connectivity index (χ0n) is 18.8. The first-order chi connectivity index (χ1) is 16.6. The number of carboxylic acids is 2. The van der Waals surface area contributed by atoms with E-state index in [2.05, 4.69) is 21.9 Å². The number of aromatic nitrogens is 2. The zero-order valence-corrected chi connectivity index (χ0v) is 18.8. The second-order valence-corrected chi connectivity index (χ2v) is 7.91. The van der Waals surface area contributed by atoms with E-state index in [1.54, 1.807) is 12.1 Å². The zero-order chi connectivity index (χ0) is 25.5. The van der Waals surface area contributed by atoms with Crippen molar-refractivity contribution in [1.29, 1.82) is 0 Å². The molecule has 1 aromatic heterocycles. The Kier molecular flexibility index (Phi) is 7.77. The topological polar surface area (TPSA) is 182 Å². The summed E-state index contributed by atoms with van der Waals surface area (Å²) >= 11 is 0. The van der Waals surface area contributed by atoms with E-state index in [-0.39, 0.29) is 17.9 Å². The van der Waals surface area contributed by atoms with E-state index in [1.165, 1.54) is 12.3 Å². The molecular weight excluding hydrogens is 450 g/mol. The van der Waals surface area contributed by atoms with Crippen molar-refractivity contribution >= 4 is 40.5 Å². The summed E-state index contributed by atoms with van der Waals surface area (Å²) in [6, 6.07) is 12.8. The first kappa shape index (κ1) is 24.9. The molecule has 0 bridgehead atoms. The standard InChI is InChI=1S/C25H25N5O5/c1-14(23(32)33)12-18(24(34)35)10-11-28-22(31)17-7-4-15(5-8-17)2-3-16-6-9-20-19(13-16)21(26)30-25(27)29-20/h4-11,13,18H,1-3,12H2,(H,28,31)(H,32,33)(H,34,35)(H4,26,27,29,30)/b11-10+/t18-/m0/s1. The van der Waals surface area contributed by atoms with Gasteiger partial charge >= 0.3 is 11.9 Å². The summed E-state index contributed by atoms with van der Waals surface area (Å²) in [5, 5.41) is 21.3. The molecule has 0 spiro atoms. The van der Waals surface area contributed by atoms with Crippen molar-refractivity contribution in [2.75, 3.05) is 11.5 Å². The van der Waals surface area contributed by atoms with E-state index in [4.69, 9.17) is 16.6 Å². The highest BCUT2D eigenvalue weighted by molar-refractivity contribution is 5.95. The number of nitrogen functional groups attached to an aromatic ring is 2. The largest absolute Gasteiger partial charge is 0.481 e. The van der Waals surface area contributed by atoms with E-state index < -0.39 is 23.8 Å². The highest BCUT2D eigenvalue weighted by Gasteiger charge is 2.18. The lowest BCUT2D eigenvalue weighted by Crippen LogP contribution is -2.19. The minimum absolute atomic E-state index is 0.133. The number of carbonyl (C=O) groups is 3. The minimum atomic E-state index is -1.27. The number of nitrogens with one attached hydrogen (secondary N) is 1. The Morgan fingerprint density at radius 2 is 1.66 bits per heavy atom. The summed E-state index contributed by atoms with van der Waals surface area (Å²) in [6.07, 6.45) is 3.63. The maximum atomic E-state index is 12.3. The molecule has 0 aliphatic heterocycles. The number of amides is 1. The Bertz CT molecular complexity index is 1320. The fraction of sp³-hybridized carbons (Fsp3) is 0.160. The number of nitrogens with zero attached hydrogens (tertiary/aromatic N) is 2. The van der Waals surface area contributed by atoms with Gasteiger partial charge in [-0.2, -0.15) is 4.98 Å². The predicted octanol–water partition coefficient (Wildman–Crippen LogP) is 2.55. The second-order valence-electron chi connectivity index (χ2n) is 7.91. The predicted molar refractivity (Wildman–Crippen MR) is 131 cm³/mol. The molecule has 3 rings (SSSR count). The Balaban J connectivity index is 1.57. The van der Waals surface area contributed by atoms with Crippen LogP contribution in [-0.4, -0.2) is 38.0 Å². The van der Waals surface area contributed by atoms with E-state index in [0.717, 1.165) is 29.4 Å². The quantitative estimate of drug-likeness (QED) is 0.275. The Labute approximate surface area is 201 Å². The van der Waals surface area contributed by atoms with Crippen LogP contribution in [0.5, 0.6) is 0 Å². The summed E-state index contributed by atoms with van der Waals surface area (Å²) in [7, 11) is 0. The van der Waals surface area contributed by atoms with E-state index in [9.17, 15) is 19.5 Å². The molecular formula is C25H25N5O5. The maximum absolute atomic E-state index is 12.3. The first-order valence-corrected chi connectivity index (χ1v) is 10.7. The molecule has 0 saturated carbocycles. The average Bonchev–Trinajstić information content (AvgIpc) is 2.82. The van der Waals surface area contributed by atoms with Crippen molar-refractivity contribution in [2.45, 2.75) is 19.3 Å². The number of nitrogens with two attached hydrogens (primary N) is 2. The summed E-state index contributed by atoms with van der Waals surface area (Å²) in [5.74, 6) is -3.55. The molecule has 3 aromatic rings. The van der Waals surface area contributed by atoms with Gasteiger partial charge in [0.1, 0.15) is 5.82 Å². The van der Waals surface area contributed by atoms with Crippen LogP contribution in [0.3, 0.4) is 0 Å². The lowest BCUT2D eigenvalue weighted by Gasteiger charge is -2.08. The summed E-state index contributed by atoms with van der Waals surface area (Å²) < 4.78 is 0. The molecule has 2 aromatic carbocycles. The number of fused-ring (bicyclic) bond motifs is 1. The molecule has 0 aliphatic rings. The smallest absolute Gasteiger partial charge is 0.330 e. The molecule has 0 aliphatic carbocycles. The Morgan fingerprint density at radius 1 is 1.00 bits per heavy atom. The highest BCUT2D eigenvalue weighted by atomic mass is 16.4. The Hall–Kier alpha value is -4.73. The van der Waals surface area contributed by atoms with Crippen LogP contribution in [0, 0.1) is 5.92 Å². The van der Waals surface area contributed by atoms with Crippen LogP contribution in [0.15, 0.2) is 66.9 Å². The molecule has 0 saturated heterocycles. The van der Waals surface area contributed by atoms with Crippen LogP contribution in [0.4, 0.5) is 11.8 Å². The van der Waals surface area contributed by atoms with Crippen LogP contribution < -0.4 is 16.8 Å². The van der Waals surface area contributed by atoms with Gasteiger partial charge in [0.2, 0.25) is 5.95 Å². The van der Waals surface area contributed by atoms with Crippen LogP contribution in [0.25, 0.3) is 10.9 Å². The van der Waals surface area contributed by atoms with Crippen molar-refractivity contribution in [1.82, 2.24) is 15.3 Å². The number of anilines is 2. The fourth-order valence-electron chi connectivity index (χ4n) is 3.40. The van der Waals surface area contributed by atoms with Gasteiger partial charge < -0.3 is 27.0 Å². The molecule has 0 radical (unpaired) electrons. The number of carboxylic acid groups (broad SMARTS) is 2. The number of hydrogen-bond acceptors (Lipinski definition) is 7. The van der Waals surface area contributed by atoms with Crippen molar-refractivity contribution in [3.05, 3.63) is 83.6 Å². The van der Waals surface area contributed by atoms with Crippen LogP contribution in [0.1, 0.15) is 27.9 Å². The molecule has 180 valence electrons. The molecule has 1 atom stereocenters. The van der Waals surface area contributed by atoms with E-state index in [0.29, 0.717) is 16.9 Å². The maximum Gasteiger partial charge on any atom is 0.330 e. The number of hydrogen-bond donors (Lipinski definition) is 5. The third-order valence-corrected chi connectivity index (χ3v) is 5.35. The van der Waals surface area contributed by atoms with Crippen molar-refractivity contribution in [3.8, 4) is 0 Å². The van der Waals surface area contributed by atoms with Gasteiger partial charge in [0.25, 0.3) is 5.91 Å². The number of aryl methyl sites for hydroxylation is 2. The third kappa shape index (κ3) is 6.64. The number of benzene rings is 2. The summed E-state index contributed by atoms with van der Waals surface area (Å²) in [6.45, 7) is 3.33. The monoisotopic (exact) mass is 475 g/mol. The van der Waals surface area contributed by atoms with Crippen molar-refractivity contribution < 1.29 is 24.6 Å². The molecule has 1 amide bonds. The van der Waals surface area contributed by atoms with Gasteiger partial charge in [0.15, 0.2) is 0 Å². The van der Waals surface area contributed by atoms with E-state index in [1.807, 2.05) is 30.3 Å². The van der Waals surface area contributed by atoms with Gasteiger partial charge in [-0.1, -0.05) is 30.9 Å². The SMILES string of the molecule is C=C(C[C@H](/C=C/NC(=O)c1ccc(CCc2ccc3nc(N)nc(N)c3c2)cc1)C(=O)O)C(=O)O. The van der Waals surface area contributed by atoms with Crippen molar-refractivity contribution in [3.63, 3.8) is 0 Å². The van der Waals surface area contributed by atoms with Gasteiger partial charge in [0, 0.05) is 22.7 Å². The van der Waals surface area contributed by atoms with Crippen LogP contribution in [0.2, 0.25) is 0 Å². The lowest BCUT2D eigenvalue weighted by atomic mass is 10.0. The lowest BCUT2D eigenvalue weighted by molar-refractivity contribution is -0.140. The molecule has 7 N–H and O–H groups in total. The fourth-order valence-corrected chi connectivity index (χ4v) is 3.40. The summed E-state index contributed by atoms with van der Waals surface area (Å²) in [4.78, 5) is 42.6. The van der Waals surface area contributed by atoms with Gasteiger partial charge in [-0.25, -0.2) is 9.78 Å². The van der Waals surface area contributed by atoms with Gasteiger partial charge in [-0.05, 0) is 54.7 Å². The number of rotatable bonds is 10. The minimum Gasteiger partial charge on any atom is -0.481 e. The summed E-state index contributed by atoms with van der Waals surface area (Å²) in [5.41, 5.74) is 14.5. The van der Waals surface area contributed by atoms with Gasteiger partial charge in [0.05, 0.1) is 11.4 Å². The highest BCUT2D eigenvalue weighted by Crippen LogP contribution is 2.21. The number of aliphatic carboxylic acids is 2. The van der Waals surface area contributed by atoms with Gasteiger partial charge in [-0.15, -0.1) is 0 Å². The number of carbonyl (C=O) groups excluding carboxylic acids is 1. The third-order valence-electron chi connectivity index (χ3n) is 5.35. The average molecular weight is 476 g/mol. The normalized spacial score (nSPS) is 11.9.